The van der Waals surface area contributed by atoms with Crippen LogP contribution < -0.4 is 4.74 Å². The Hall–Kier alpha value is -1.91. The summed E-state index contributed by atoms with van der Waals surface area (Å²) in [7, 11) is 1.85. The number of likely N-dealkylation sites (N-methyl/N-ethyl adjacent to an activating group) is 1. The molecule has 1 unspecified atom stereocenters. The van der Waals surface area contributed by atoms with Crippen molar-refractivity contribution in [1.82, 2.24) is 4.90 Å². The van der Waals surface area contributed by atoms with E-state index in [2.05, 4.69) is 6.07 Å². The fourth-order valence-electron chi connectivity index (χ4n) is 2.60. The molecular weight excluding hydrogens is 293 g/mol. The second kappa shape index (κ2) is 8.09. The first-order chi connectivity index (χ1) is 10.9. The molecule has 2 aromatic carbocycles. The second-order valence-corrected chi connectivity index (χ2v) is 6.08. The van der Waals surface area contributed by atoms with Gasteiger partial charge in [-0.25, -0.2) is 4.39 Å². The third-order valence-corrected chi connectivity index (χ3v) is 3.56. The topological polar surface area (TPSA) is 32.7 Å². The fraction of sp³-hybridized carbons (Fsp3) is 0.368. The van der Waals surface area contributed by atoms with Crippen LogP contribution >= 0.6 is 0 Å². The number of aliphatic hydroxyl groups is 1. The lowest BCUT2D eigenvalue weighted by Gasteiger charge is -2.21. The quantitative estimate of drug-likeness (QED) is 0.850. The van der Waals surface area contributed by atoms with E-state index < -0.39 is 6.10 Å². The molecule has 2 aromatic rings. The monoisotopic (exact) mass is 317 g/mol. The Balaban J connectivity index is 1.82. The molecule has 0 saturated heterocycles. The Morgan fingerprint density at radius 2 is 1.78 bits per heavy atom. The normalized spacial score (nSPS) is 12.4. The Morgan fingerprint density at radius 3 is 2.43 bits per heavy atom. The third kappa shape index (κ3) is 5.66. The van der Waals surface area contributed by atoms with Crippen molar-refractivity contribution in [2.24, 2.45) is 0 Å². The lowest BCUT2D eigenvalue weighted by Crippen LogP contribution is -2.33. The lowest BCUT2D eigenvalue weighted by atomic mass is 10.1. The van der Waals surface area contributed by atoms with Gasteiger partial charge >= 0.3 is 0 Å². The van der Waals surface area contributed by atoms with Crippen LogP contribution in [0.2, 0.25) is 0 Å². The summed E-state index contributed by atoms with van der Waals surface area (Å²) in [6.45, 7) is 5.11. The van der Waals surface area contributed by atoms with Gasteiger partial charge in [-0.05, 0) is 50.2 Å². The zero-order chi connectivity index (χ0) is 16.8. The first-order valence-corrected chi connectivity index (χ1v) is 7.75. The molecule has 0 aliphatic rings. The molecule has 0 radical (unpaired) electrons. The van der Waals surface area contributed by atoms with E-state index in [-0.39, 0.29) is 12.4 Å². The van der Waals surface area contributed by atoms with Crippen LogP contribution in [-0.4, -0.2) is 36.3 Å². The molecule has 0 bridgehead atoms. The second-order valence-electron chi connectivity index (χ2n) is 6.08. The van der Waals surface area contributed by atoms with E-state index in [0.717, 1.165) is 16.9 Å². The van der Waals surface area contributed by atoms with E-state index in [0.29, 0.717) is 18.7 Å². The summed E-state index contributed by atoms with van der Waals surface area (Å²) in [6.07, 6.45) is -0.632. The number of halogens is 1. The number of hydrogen-bond acceptors (Lipinski definition) is 3. The number of rotatable bonds is 7. The van der Waals surface area contributed by atoms with Crippen LogP contribution in [-0.2, 0) is 6.54 Å². The summed E-state index contributed by atoms with van der Waals surface area (Å²) >= 11 is 0. The third-order valence-electron chi connectivity index (χ3n) is 3.56. The number of aryl methyl sites for hydroxylation is 2. The van der Waals surface area contributed by atoms with Gasteiger partial charge in [0.2, 0.25) is 0 Å². The van der Waals surface area contributed by atoms with Gasteiger partial charge in [-0.1, -0.05) is 24.3 Å². The molecule has 2 rings (SSSR count). The predicted octanol–water partition coefficient (Wildman–Crippen LogP) is 3.31. The van der Waals surface area contributed by atoms with E-state index in [1.54, 1.807) is 12.1 Å². The van der Waals surface area contributed by atoms with Crippen molar-refractivity contribution in [2.45, 2.75) is 26.5 Å². The number of aliphatic hydroxyl groups excluding tert-OH is 1. The van der Waals surface area contributed by atoms with Gasteiger partial charge in [-0.2, -0.15) is 0 Å². The van der Waals surface area contributed by atoms with Crippen LogP contribution in [0.25, 0.3) is 0 Å². The minimum absolute atomic E-state index is 0.213. The molecule has 4 heteroatoms. The lowest BCUT2D eigenvalue weighted by molar-refractivity contribution is 0.0740. The number of hydrogen-bond donors (Lipinski definition) is 1. The molecule has 0 fully saturated rings. The van der Waals surface area contributed by atoms with E-state index in [1.807, 2.05) is 44.0 Å². The molecule has 0 aliphatic heterocycles. The summed E-state index contributed by atoms with van der Waals surface area (Å²) in [4.78, 5) is 1.88. The maximum Gasteiger partial charge on any atom is 0.127 e. The van der Waals surface area contributed by atoms with Crippen molar-refractivity contribution >= 4 is 0 Å². The number of ether oxygens (including phenoxy) is 1. The Bertz CT molecular complexity index is 625. The van der Waals surface area contributed by atoms with Gasteiger partial charge in [-0.3, -0.25) is 4.90 Å². The van der Waals surface area contributed by atoms with Gasteiger partial charge < -0.3 is 9.84 Å². The summed E-state index contributed by atoms with van der Waals surface area (Å²) in [5.74, 6) is 0.540. The molecular formula is C19H24FNO2. The van der Waals surface area contributed by atoms with Gasteiger partial charge in [0, 0.05) is 18.7 Å². The molecule has 0 saturated carbocycles. The van der Waals surface area contributed by atoms with Crippen LogP contribution in [0, 0.1) is 19.7 Å². The highest BCUT2D eigenvalue weighted by Gasteiger charge is 2.11. The summed E-state index contributed by atoms with van der Waals surface area (Å²) in [6, 6.07) is 12.7. The van der Waals surface area contributed by atoms with Gasteiger partial charge in [0.1, 0.15) is 24.3 Å². The number of benzene rings is 2. The first kappa shape index (κ1) is 17.4. The Labute approximate surface area is 137 Å². The fourth-order valence-corrected chi connectivity index (χ4v) is 2.60. The highest BCUT2D eigenvalue weighted by atomic mass is 19.1. The minimum Gasteiger partial charge on any atom is -0.491 e. The Kier molecular flexibility index (Phi) is 6.13. The SMILES string of the molecule is Cc1cc(C)cc(OCC(O)CN(C)Cc2ccccc2F)c1. The molecule has 1 atom stereocenters. The zero-order valence-electron chi connectivity index (χ0n) is 13.9. The number of nitrogens with zero attached hydrogens (tertiary/aromatic N) is 1. The van der Waals surface area contributed by atoms with Crippen LogP contribution in [0.1, 0.15) is 16.7 Å². The molecule has 124 valence electrons. The van der Waals surface area contributed by atoms with Crippen molar-refractivity contribution in [3.05, 3.63) is 65.0 Å². The molecule has 0 amide bonds. The van der Waals surface area contributed by atoms with Crippen molar-refractivity contribution in [1.29, 1.82) is 0 Å². The predicted molar refractivity (Wildman–Crippen MR) is 90.2 cm³/mol. The van der Waals surface area contributed by atoms with Gasteiger partial charge in [0.05, 0.1) is 0 Å². The largest absolute Gasteiger partial charge is 0.491 e. The molecule has 23 heavy (non-hydrogen) atoms. The maximum atomic E-state index is 13.6. The highest BCUT2D eigenvalue weighted by molar-refractivity contribution is 5.33. The first-order valence-electron chi connectivity index (χ1n) is 7.75. The average Bonchev–Trinajstić information content (AvgIpc) is 2.46. The summed E-state index contributed by atoms with van der Waals surface area (Å²) in [5, 5.41) is 10.1. The smallest absolute Gasteiger partial charge is 0.127 e. The van der Waals surface area contributed by atoms with Gasteiger partial charge in [-0.15, -0.1) is 0 Å². The summed E-state index contributed by atoms with van der Waals surface area (Å²) < 4.78 is 19.3. The maximum absolute atomic E-state index is 13.6. The van der Waals surface area contributed by atoms with E-state index in [1.165, 1.54) is 6.07 Å². The summed E-state index contributed by atoms with van der Waals surface area (Å²) in [5.41, 5.74) is 2.88. The van der Waals surface area contributed by atoms with Crippen molar-refractivity contribution in [2.75, 3.05) is 20.2 Å². The average molecular weight is 317 g/mol. The van der Waals surface area contributed by atoms with Crippen LogP contribution in [0.4, 0.5) is 4.39 Å². The molecule has 0 aliphatic carbocycles. The van der Waals surface area contributed by atoms with Crippen molar-refractivity contribution < 1.29 is 14.2 Å². The zero-order valence-corrected chi connectivity index (χ0v) is 13.9. The van der Waals surface area contributed by atoms with Crippen molar-refractivity contribution in [3.63, 3.8) is 0 Å². The van der Waals surface area contributed by atoms with Gasteiger partial charge in [0.25, 0.3) is 0 Å². The molecule has 3 nitrogen and oxygen atoms in total. The Morgan fingerprint density at radius 1 is 1.13 bits per heavy atom. The van der Waals surface area contributed by atoms with Crippen LogP contribution in [0.15, 0.2) is 42.5 Å². The minimum atomic E-state index is -0.632. The molecule has 0 spiro atoms. The van der Waals surface area contributed by atoms with Gasteiger partial charge in [0.15, 0.2) is 0 Å². The molecule has 1 N–H and O–H groups in total. The van der Waals surface area contributed by atoms with Crippen LogP contribution in [0.3, 0.4) is 0 Å². The molecule has 0 heterocycles. The van der Waals surface area contributed by atoms with E-state index in [4.69, 9.17) is 4.74 Å². The van der Waals surface area contributed by atoms with E-state index in [9.17, 15) is 9.50 Å². The molecule has 0 aromatic heterocycles. The highest BCUT2D eigenvalue weighted by Crippen LogP contribution is 2.16. The van der Waals surface area contributed by atoms with Crippen molar-refractivity contribution in [3.8, 4) is 5.75 Å². The van der Waals surface area contributed by atoms with Crippen LogP contribution in [0.5, 0.6) is 5.75 Å². The standard InChI is InChI=1S/C19H24FNO2/c1-14-8-15(2)10-18(9-14)23-13-17(22)12-21(3)11-16-6-4-5-7-19(16)20/h4-10,17,22H,11-13H2,1-3H3. The van der Waals surface area contributed by atoms with E-state index >= 15 is 0 Å².